The maximum atomic E-state index is 10.1. The summed E-state index contributed by atoms with van der Waals surface area (Å²) in [6.07, 6.45) is 4.89. The number of aryl methyl sites for hydroxylation is 2. The molecule has 0 amide bonds. The highest BCUT2D eigenvalue weighted by Gasteiger charge is 1.98. The average Bonchev–Trinajstić information content (AvgIpc) is 2.15. The van der Waals surface area contributed by atoms with Gasteiger partial charge in [0.2, 0.25) is 6.20 Å². The van der Waals surface area contributed by atoms with Gasteiger partial charge in [-0.15, -0.1) is 0 Å². The van der Waals surface area contributed by atoms with Crippen molar-refractivity contribution < 1.29 is 4.92 Å². The minimum atomic E-state index is -0.483. The van der Waals surface area contributed by atoms with Gasteiger partial charge in [0, 0.05) is 18.0 Å². The van der Waals surface area contributed by atoms with Crippen molar-refractivity contribution >= 4 is 6.08 Å². The number of nitrogens with zero attached hydrogens (tertiary/aromatic N) is 2. The van der Waals surface area contributed by atoms with Crippen LogP contribution in [0.5, 0.6) is 0 Å². The van der Waals surface area contributed by atoms with Crippen LogP contribution in [0.25, 0.3) is 6.08 Å². The molecule has 74 valence electrons. The molecule has 1 aromatic rings. The van der Waals surface area contributed by atoms with Crippen molar-refractivity contribution in [2.24, 2.45) is 0 Å². The Morgan fingerprint density at radius 2 is 2.36 bits per heavy atom. The summed E-state index contributed by atoms with van der Waals surface area (Å²) < 4.78 is 0. The smallest absolute Gasteiger partial charge is 0.235 e. The van der Waals surface area contributed by atoms with Gasteiger partial charge < -0.3 is 0 Å². The molecule has 4 nitrogen and oxygen atoms in total. The van der Waals surface area contributed by atoms with Crippen LogP contribution < -0.4 is 0 Å². The van der Waals surface area contributed by atoms with Crippen LogP contribution in [0.4, 0.5) is 0 Å². The highest BCUT2D eigenvalue weighted by molar-refractivity contribution is 5.48. The van der Waals surface area contributed by atoms with Crippen molar-refractivity contribution in [2.45, 2.75) is 20.3 Å². The first-order valence-corrected chi connectivity index (χ1v) is 4.40. The molecule has 0 saturated heterocycles. The minimum Gasteiger partial charge on any atom is -0.260 e. The molecule has 0 aliphatic rings. The van der Waals surface area contributed by atoms with Crippen molar-refractivity contribution in [1.29, 1.82) is 0 Å². The first-order chi connectivity index (χ1) is 6.63. The van der Waals surface area contributed by atoms with Gasteiger partial charge in [-0.3, -0.25) is 15.1 Å². The SMILES string of the molecule is CCc1ncc(C=C[N+](=O)[O-])cc1C. The number of pyridine rings is 1. The molecule has 0 saturated carbocycles. The number of nitro groups is 1. The van der Waals surface area contributed by atoms with Gasteiger partial charge in [-0.1, -0.05) is 6.92 Å². The van der Waals surface area contributed by atoms with E-state index in [2.05, 4.69) is 4.98 Å². The molecule has 0 N–H and O–H groups in total. The largest absolute Gasteiger partial charge is 0.260 e. The Balaban J connectivity index is 2.91. The normalized spacial score (nSPS) is 10.7. The molecule has 0 aliphatic heterocycles. The number of aromatic nitrogens is 1. The molecule has 0 radical (unpaired) electrons. The average molecular weight is 192 g/mol. The highest BCUT2D eigenvalue weighted by atomic mass is 16.6. The van der Waals surface area contributed by atoms with E-state index in [0.29, 0.717) is 0 Å². The molecule has 0 aromatic carbocycles. The molecule has 0 fully saturated rings. The summed E-state index contributed by atoms with van der Waals surface area (Å²) in [5.74, 6) is 0. The van der Waals surface area contributed by atoms with E-state index in [1.165, 1.54) is 6.08 Å². The lowest BCUT2D eigenvalue weighted by molar-refractivity contribution is -0.400. The van der Waals surface area contributed by atoms with Crippen LogP contribution >= 0.6 is 0 Å². The zero-order chi connectivity index (χ0) is 10.6. The Kier molecular flexibility index (Phi) is 3.34. The minimum absolute atomic E-state index is 0.483. The first-order valence-electron chi connectivity index (χ1n) is 4.40. The standard InChI is InChI=1S/C10H12N2O2/c1-3-10-8(2)6-9(7-11-10)4-5-12(13)14/h4-7H,3H2,1-2H3. The lowest BCUT2D eigenvalue weighted by Gasteiger charge is -2.01. The van der Waals surface area contributed by atoms with E-state index in [0.717, 1.165) is 29.4 Å². The number of hydrogen-bond donors (Lipinski definition) is 0. The zero-order valence-electron chi connectivity index (χ0n) is 8.23. The zero-order valence-corrected chi connectivity index (χ0v) is 8.23. The fourth-order valence-corrected chi connectivity index (χ4v) is 1.23. The van der Waals surface area contributed by atoms with Gasteiger partial charge in [0.15, 0.2) is 0 Å². The van der Waals surface area contributed by atoms with Gasteiger partial charge in [0.1, 0.15) is 0 Å². The van der Waals surface area contributed by atoms with Crippen LogP contribution in [-0.2, 0) is 6.42 Å². The monoisotopic (exact) mass is 192 g/mol. The Bertz CT molecular complexity index is 372. The molecular formula is C10H12N2O2. The summed E-state index contributed by atoms with van der Waals surface area (Å²) in [5.41, 5.74) is 2.86. The van der Waals surface area contributed by atoms with E-state index in [4.69, 9.17) is 0 Å². The maximum absolute atomic E-state index is 10.1. The third kappa shape index (κ3) is 2.65. The van der Waals surface area contributed by atoms with Crippen LogP contribution in [0.2, 0.25) is 0 Å². The van der Waals surface area contributed by atoms with Gasteiger partial charge in [-0.05, 0) is 30.5 Å². The quantitative estimate of drug-likeness (QED) is 0.545. The summed E-state index contributed by atoms with van der Waals surface area (Å²) in [7, 11) is 0. The number of hydrogen-bond acceptors (Lipinski definition) is 3. The topological polar surface area (TPSA) is 56.0 Å². The second-order valence-corrected chi connectivity index (χ2v) is 2.99. The Hall–Kier alpha value is -1.71. The molecule has 1 rings (SSSR count). The lowest BCUT2D eigenvalue weighted by atomic mass is 10.1. The highest BCUT2D eigenvalue weighted by Crippen LogP contribution is 2.09. The van der Waals surface area contributed by atoms with Crippen molar-refractivity contribution in [3.63, 3.8) is 0 Å². The van der Waals surface area contributed by atoms with E-state index < -0.39 is 4.92 Å². The molecule has 0 aliphatic carbocycles. The van der Waals surface area contributed by atoms with Crippen LogP contribution in [0.15, 0.2) is 18.5 Å². The molecule has 1 heterocycles. The fourth-order valence-electron chi connectivity index (χ4n) is 1.23. The second-order valence-electron chi connectivity index (χ2n) is 2.99. The van der Waals surface area contributed by atoms with Gasteiger partial charge in [-0.25, -0.2) is 0 Å². The van der Waals surface area contributed by atoms with Crippen LogP contribution in [0.3, 0.4) is 0 Å². The molecule has 4 heteroatoms. The molecule has 0 bridgehead atoms. The summed E-state index contributed by atoms with van der Waals surface area (Å²) in [5, 5.41) is 10.1. The molecule has 1 aromatic heterocycles. The van der Waals surface area contributed by atoms with Crippen molar-refractivity contribution in [2.75, 3.05) is 0 Å². The third-order valence-electron chi connectivity index (χ3n) is 1.93. The van der Waals surface area contributed by atoms with Crippen molar-refractivity contribution in [3.05, 3.63) is 45.4 Å². The summed E-state index contributed by atoms with van der Waals surface area (Å²) in [6.45, 7) is 3.98. The molecule has 0 spiro atoms. The number of rotatable bonds is 3. The molecular weight excluding hydrogens is 180 g/mol. The first kappa shape index (κ1) is 10.4. The summed E-state index contributed by atoms with van der Waals surface area (Å²) >= 11 is 0. The van der Waals surface area contributed by atoms with E-state index >= 15 is 0 Å². The van der Waals surface area contributed by atoms with E-state index in [-0.39, 0.29) is 0 Å². The Morgan fingerprint density at radius 3 is 2.86 bits per heavy atom. The van der Waals surface area contributed by atoms with Gasteiger partial charge >= 0.3 is 0 Å². The fraction of sp³-hybridized carbons (Fsp3) is 0.300. The molecule has 0 unspecified atom stereocenters. The van der Waals surface area contributed by atoms with Crippen molar-refractivity contribution in [3.8, 4) is 0 Å². The van der Waals surface area contributed by atoms with Crippen LogP contribution in [0.1, 0.15) is 23.7 Å². The predicted molar refractivity (Wildman–Crippen MR) is 54.4 cm³/mol. The Morgan fingerprint density at radius 1 is 1.64 bits per heavy atom. The van der Waals surface area contributed by atoms with Gasteiger partial charge in [-0.2, -0.15) is 0 Å². The third-order valence-corrected chi connectivity index (χ3v) is 1.93. The molecule has 14 heavy (non-hydrogen) atoms. The summed E-state index contributed by atoms with van der Waals surface area (Å²) in [6, 6.07) is 1.89. The van der Waals surface area contributed by atoms with Gasteiger partial charge in [0.05, 0.1) is 4.92 Å². The van der Waals surface area contributed by atoms with Crippen LogP contribution in [-0.4, -0.2) is 9.91 Å². The van der Waals surface area contributed by atoms with Crippen LogP contribution in [0, 0.1) is 17.0 Å². The molecule has 0 atom stereocenters. The van der Waals surface area contributed by atoms with E-state index in [1.807, 2.05) is 19.9 Å². The van der Waals surface area contributed by atoms with E-state index in [9.17, 15) is 10.1 Å². The summed E-state index contributed by atoms with van der Waals surface area (Å²) in [4.78, 5) is 13.8. The Labute approximate surface area is 82.4 Å². The van der Waals surface area contributed by atoms with Gasteiger partial charge in [0.25, 0.3) is 0 Å². The maximum Gasteiger partial charge on any atom is 0.235 e. The van der Waals surface area contributed by atoms with Crippen molar-refractivity contribution in [1.82, 2.24) is 4.98 Å². The second kappa shape index (κ2) is 4.50. The lowest BCUT2D eigenvalue weighted by Crippen LogP contribution is -1.92. The van der Waals surface area contributed by atoms with E-state index in [1.54, 1.807) is 6.20 Å². The predicted octanol–water partition coefficient (Wildman–Crippen LogP) is 2.20.